The Morgan fingerprint density at radius 3 is 2.64 bits per heavy atom. The highest BCUT2D eigenvalue weighted by atomic mass is 16.5. The second kappa shape index (κ2) is 3.67. The lowest BCUT2D eigenvalue weighted by molar-refractivity contribution is -0.138. The fourth-order valence-corrected chi connectivity index (χ4v) is 1.19. The van der Waals surface area contributed by atoms with E-state index in [1.807, 2.05) is 13.8 Å². The van der Waals surface area contributed by atoms with E-state index >= 15 is 0 Å². The van der Waals surface area contributed by atoms with E-state index in [0.29, 0.717) is 10.4 Å². The number of nitrogens with zero attached hydrogens (tertiary/aromatic N) is 2. The van der Waals surface area contributed by atoms with Gasteiger partial charge in [0.1, 0.15) is 6.04 Å². The van der Waals surface area contributed by atoms with Gasteiger partial charge in [0.25, 0.3) is 0 Å². The topological polar surface area (TPSA) is 101 Å². The number of nitrogens with two attached hydrogens (primary N) is 1. The second-order valence-corrected chi connectivity index (χ2v) is 3.36. The third-order valence-electron chi connectivity index (χ3n) is 1.94. The Labute approximate surface area is 80.9 Å². The molecule has 1 aromatic heterocycles. The van der Waals surface area contributed by atoms with Gasteiger partial charge in [-0.2, -0.15) is 0 Å². The van der Waals surface area contributed by atoms with Crippen LogP contribution < -0.4 is 5.73 Å². The molecule has 0 amide bonds. The van der Waals surface area contributed by atoms with Gasteiger partial charge in [-0.05, 0) is 5.92 Å². The van der Waals surface area contributed by atoms with E-state index in [1.165, 1.54) is 6.20 Å². The molecule has 0 aliphatic heterocycles. The largest absolute Gasteiger partial charge is 0.480 e. The highest BCUT2D eigenvalue weighted by Crippen LogP contribution is 2.22. The van der Waals surface area contributed by atoms with Crippen molar-refractivity contribution in [1.29, 1.82) is 0 Å². The lowest BCUT2D eigenvalue weighted by Crippen LogP contribution is -2.22. The van der Waals surface area contributed by atoms with Gasteiger partial charge in [-0.1, -0.05) is 13.8 Å². The molecule has 1 heterocycles. The molecule has 0 fully saturated rings. The van der Waals surface area contributed by atoms with Crippen LogP contribution in [0.1, 0.15) is 37.1 Å². The zero-order valence-corrected chi connectivity index (χ0v) is 8.01. The van der Waals surface area contributed by atoms with Crippen LogP contribution in [0.5, 0.6) is 0 Å². The van der Waals surface area contributed by atoms with Gasteiger partial charge in [0.05, 0.1) is 11.9 Å². The molecule has 1 aromatic rings. The molecule has 0 saturated carbocycles. The maximum Gasteiger partial charge on any atom is 0.326 e. The highest BCUT2D eigenvalue weighted by Gasteiger charge is 2.23. The number of hydrogen-bond acceptors (Lipinski definition) is 4. The van der Waals surface area contributed by atoms with E-state index in [0.717, 1.165) is 0 Å². The van der Waals surface area contributed by atoms with Crippen molar-refractivity contribution >= 4 is 5.97 Å². The minimum absolute atomic E-state index is 0.0660. The molecule has 0 spiro atoms. The van der Waals surface area contributed by atoms with Crippen molar-refractivity contribution in [2.45, 2.75) is 25.8 Å². The van der Waals surface area contributed by atoms with Gasteiger partial charge in [0.15, 0.2) is 0 Å². The summed E-state index contributed by atoms with van der Waals surface area (Å²) in [7, 11) is 0. The third kappa shape index (κ3) is 1.85. The van der Waals surface area contributed by atoms with Gasteiger partial charge in [-0.3, -0.25) is 4.79 Å². The van der Waals surface area contributed by atoms with Gasteiger partial charge in [0.2, 0.25) is 0 Å². The number of hydrogen-bond donors (Lipinski definition) is 3. The fraction of sp³-hybridized carbons (Fsp3) is 0.500. The van der Waals surface area contributed by atoms with Crippen LogP contribution in [0.25, 0.3) is 0 Å². The first-order chi connectivity index (χ1) is 6.43. The Morgan fingerprint density at radius 1 is 1.64 bits per heavy atom. The summed E-state index contributed by atoms with van der Waals surface area (Å²) in [6.07, 6.45) is 1.36. The number of rotatable bonds is 3. The van der Waals surface area contributed by atoms with E-state index in [9.17, 15) is 4.79 Å². The Morgan fingerprint density at radius 2 is 2.21 bits per heavy atom. The summed E-state index contributed by atoms with van der Waals surface area (Å²) in [6.45, 7) is 3.74. The Hall–Kier alpha value is -1.56. The summed E-state index contributed by atoms with van der Waals surface area (Å²) in [5.41, 5.74) is 6.25. The maximum atomic E-state index is 10.6. The number of carboxylic acid groups (broad SMARTS) is 1. The molecule has 6 nitrogen and oxygen atoms in total. The molecule has 0 bridgehead atoms. The van der Waals surface area contributed by atoms with Crippen LogP contribution in [0, 0.1) is 0 Å². The van der Waals surface area contributed by atoms with E-state index in [-0.39, 0.29) is 11.6 Å². The van der Waals surface area contributed by atoms with Gasteiger partial charge in [0, 0.05) is 5.56 Å². The SMILES string of the molecule is CC(C)c1cn(O)nc1C(N)C(=O)O. The van der Waals surface area contributed by atoms with Crippen LogP contribution in [0.3, 0.4) is 0 Å². The molecule has 4 N–H and O–H groups in total. The van der Waals surface area contributed by atoms with Crippen LogP contribution in [-0.2, 0) is 4.79 Å². The van der Waals surface area contributed by atoms with Crippen LogP contribution in [-0.4, -0.2) is 26.2 Å². The first-order valence-electron chi connectivity index (χ1n) is 4.20. The average molecular weight is 199 g/mol. The summed E-state index contributed by atoms with van der Waals surface area (Å²) < 4.78 is 0. The van der Waals surface area contributed by atoms with Gasteiger partial charge < -0.3 is 16.0 Å². The maximum absolute atomic E-state index is 10.6. The molecule has 6 heteroatoms. The summed E-state index contributed by atoms with van der Waals surface area (Å²) >= 11 is 0. The predicted molar refractivity (Wildman–Crippen MR) is 48.1 cm³/mol. The first-order valence-corrected chi connectivity index (χ1v) is 4.20. The molecule has 0 radical (unpaired) electrons. The lowest BCUT2D eigenvalue weighted by atomic mass is 10.0. The molecule has 0 aliphatic rings. The molecule has 0 saturated heterocycles. The molecule has 1 atom stereocenters. The lowest BCUT2D eigenvalue weighted by Gasteiger charge is -2.07. The van der Waals surface area contributed by atoms with E-state index in [2.05, 4.69) is 5.10 Å². The molecule has 0 aliphatic carbocycles. The summed E-state index contributed by atoms with van der Waals surface area (Å²) in [5.74, 6) is -1.10. The van der Waals surface area contributed by atoms with E-state index in [1.54, 1.807) is 0 Å². The molecule has 78 valence electrons. The van der Waals surface area contributed by atoms with Crippen molar-refractivity contribution in [3.63, 3.8) is 0 Å². The predicted octanol–water partition coefficient (Wildman–Crippen LogP) is 0.328. The normalized spacial score (nSPS) is 13.1. The number of carbonyl (C=O) groups is 1. The quantitative estimate of drug-likeness (QED) is 0.609. The summed E-state index contributed by atoms with van der Waals surface area (Å²) in [6, 6.07) is -1.19. The number of carboxylic acids is 1. The highest BCUT2D eigenvalue weighted by molar-refractivity contribution is 5.75. The van der Waals surface area contributed by atoms with Crippen molar-refractivity contribution in [1.82, 2.24) is 9.94 Å². The number of aromatic nitrogens is 2. The molecule has 14 heavy (non-hydrogen) atoms. The minimum atomic E-state index is -1.19. The Balaban J connectivity index is 3.12. The standard InChI is InChI=1S/C8H13N3O3/c1-4(2)5-3-11(14)10-7(5)6(9)8(12)13/h3-4,6,14H,9H2,1-2H3,(H,12,13). The van der Waals surface area contributed by atoms with Gasteiger partial charge >= 0.3 is 5.97 Å². The Kier molecular flexibility index (Phi) is 2.76. The van der Waals surface area contributed by atoms with Crippen molar-refractivity contribution in [2.75, 3.05) is 0 Å². The van der Waals surface area contributed by atoms with Gasteiger partial charge in [-0.25, -0.2) is 0 Å². The van der Waals surface area contributed by atoms with Crippen LogP contribution in [0.4, 0.5) is 0 Å². The Bertz CT molecular complexity index is 346. The van der Waals surface area contributed by atoms with Crippen molar-refractivity contribution < 1.29 is 15.1 Å². The van der Waals surface area contributed by atoms with Crippen LogP contribution in [0.15, 0.2) is 6.20 Å². The molecule has 1 rings (SSSR count). The van der Waals surface area contributed by atoms with Crippen molar-refractivity contribution in [3.05, 3.63) is 17.5 Å². The average Bonchev–Trinajstić information content (AvgIpc) is 2.45. The van der Waals surface area contributed by atoms with Crippen LogP contribution in [0.2, 0.25) is 0 Å². The third-order valence-corrected chi connectivity index (χ3v) is 1.94. The molecular weight excluding hydrogens is 186 g/mol. The van der Waals surface area contributed by atoms with Crippen molar-refractivity contribution in [2.24, 2.45) is 5.73 Å². The smallest absolute Gasteiger partial charge is 0.326 e. The molecule has 1 unspecified atom stereocenters. The zero-order chi connectivity index (χ0) is 10.9. The summed E-state index contributed by atoms with van der Waals surface area (Å²) in [4.78, 5) is 11.2. The molecule has 0 aromatic carbocycles. The van der Waals surface area contributed by atoms with E-state index in [4.69, 9.17) is 16.0 Å². The fourth-order valence-electron chi connectivity index (χ4n) is 1.19. The first kappa shape index (κ1) is 10.5. The second-order valence-electron chi connectivity index (χ2n) is 3.36. The van der Waals surface area contributed by atoms with Crippen molar-refractivity contribution in [3.8, 4) is 0 Å². The zero-order valence-electron chi connectivity index (χ0n) is 8.01. The number of aliphatic carboxylic acids is 1. The van der Waals surface area contributed by atoms with E-state index < -0.39 is 12.0 Å². The van der Waals surface area contributed by atoms with Gasteiger partial charge in [-0.15, -0.1) is 9.94 Å². The monoisotopic (exact) mass is 199 g/mol. The molecular formula is C8H13N3O3. The minimum Gasteiger partial charge on any atom is -0.480 e. The summed E-state index contributed by atoms with van der Waals surface area (Å²) in [5, 5.41) is 21.4. The van der Waals surface area contributed by atoms with Crippen LogP contribution >= 0.6 is 0 Å².